The van der Waals surface area contributed by atoms with E-state index in [-0.39, 0.29) is 18.5 Å². The molecule has 2 rings (SSSR count). The first-order valence-electron chi connectivity index (χ1n) is 5.79. The molecule has 0 aliphatic rings. The van der Waals surface area contributed by atoms with Crippen molar-refractivity contribution in [2.45, 2.75) is 6.04 Å². The fourth-order valence-electron chi connectivity index (χ4n) is 1.70. The second-order valence-electron chi connectivity index (χ2n) is 4.04. The molecule has 3 N–H and O–H groups in total. The number of hydrogen-bond acceptors (Lipinski definition) is 3. The normalized spacial score (nSPS) is 12.2. The number of halogens is 2. The summed E-state index contributed by atoms with van der Waals surface area (Å²) in [7, 11) is 0. The molecule has 0 aliphatic heterocycles. The number of ether oxygens (including phenoxy) is 1. The van der Waals surface area contributed by atoms with Crippen molar-refractivity contribution in [1.29, 1.82) is 0 Å². The Hall–Kier alpha value is -1.62. The van der Waals surface area contributed by atoms with Crippen molar-refractivity contribution >= 4 is 11.6 Å². The van der Waals surface area contributed by atoms with Gasteiger partial charge in [-0.2, -0.15) is 0 Å². The first-order valence-corrected chi connectivity index (χ1v) is 6.17. The standard InChI is InChI=1S/C14H14ClFN2O/c15-11-4-2-6-13(8-11)19-9-14(18-17)10-3-1-5-12(16)7-10/h1-8,14,18H,9,17H2. The molecule has 100 valence electrons. The third-order valence-corrected chi connectivity index (χ3v) is 2.90. The van der Waals surface area contributed by atoms with E-state index >= 15 is 0 Å². The summed E-state index contributed by atoms with van der Waals surface area (Å²) in [5, 5.41) is 0.598. The molecule has 5 heteroatoms. The molecule has 1 unspecified atom stereocenters. The third kappa shape index (κ3) is 3.92. The molecule has 1 atom stereocenters. The van der Waals surface area contributed by atoms with E-state index < -0.39 is 0 Å². The largest absolute Gasteiger partial charge is 0.492 e. The minimum atomic E-state index is -0.305. The molecule has 0 saturated carbocycles. The smallest absolute Gasteiger partial charge is 0.123 e. The lowest BCUT2D eigenvalue weighted by molar-refractivity contribution is 0.267. The van der Waals surface area contributed by atoms with E-state index in [4.69, 9.17) is 22.2 Å². The molecule has 0 aromatic heterocycles. The Morgan fingerprint density at radius 2 is 2.00 bits per heavy atom. The van der Waals surface area contributed by atoms with Crippen LogP contribution in [0, 0.1) is 5.82 Å². The zero-order valence-electron chi connectivity index (χ0n) is 10.1. The Kier molecular flexibility index (Phi) is 4.74. The number of nitrogens with one attached hydrogen (secondary N) is 1. The molecule has 2 aromatic rings. The van der Waals surface area contributed by atoms with Crippen LogP contribution in [0.25, 0.3) is 0 Å². The Labute approximate surface area is 116 Å². The second kappa shape index (κ2) is 6.52. The Morgan fingerprint density at radius 3 is 2.68 bits per heavy atom. The number of nitrogens with two attached hydrogens (primary N) is 1. The van der Waals surface area contributed by atoms with Crippen LogP contribution in [-0.2, 0) is 0 Å². The van der Waals surface area contributed by atoms with Crippen molar-refractivity contribution in [3.63, 3.8) is 0 Å². The second-order valence-corrected chi connectivity index (χ2v) is 4.48. The van der Waals surface area contributed by atoms with Crippen LogP contribution in [0.15, 0.2) is 48.5 Å². The van der Waals surface area contributed by atoms with E-state index in [1.807, 2.05) is 0 Å². The molecule has 2 aromatic carbocycles. The summed E-state index contributed by atoms with van der Waals surface area (Å²) in [6.07, 6.45) is 0. The van der Waals surface area contributed by atoms with Crippen LogP contribution < -0.4 is 16.0 Å². The lowest BCUT2D eigenvalue weighted by atomic mass is 10.1. The van der Waals surface area contributed by atoms with E-state index in [9.17, 15) is 4.39 Å². The molecule has 0 bridgehead atoms. The van der Waals surface area contributed by atoms with E-state index in [1.54, 1.807) is 36.4 Å². The SMILES string of the molecule is NNC(COc1cccc(Cl)c1)c1cccc(F)c1. The van der Waals surface area contributed by atoms with Gasteiger partial charge in [-0.15, -0.1) is 0 Å². The van der Waals surface area contributed by atoms with Gasteiger partial charge in [-0.25, -0.2) is 9.82 Å². The maximum Gasteiger partial charge on any atom is 0.123 e. The predicted octanol–water partition coefficient (Wildman–Crippen LogP) is 3.06. The lowest BCUT2D eigenvalue weighted by Crippen LogP contribution is -2.32. The Morgan fingerprint density at radius 1 is 1.21 bits per heavy atom. The molecule has 0 aliphatic carbocycles. The van der Waals surface area contributed by atoms with Gasteiger partial charge in [0.15, 0.2) is 0 Å². The van der Waals surface area contributed by atoms with Crippen LogP contribution in [0.3, 0.4) is 0 Å². The molecule has 0 spiro atoms. The van der Waals surface area contributed by atoms with Crippen LogP contribution >= 0.6 is 11.6 Å². The molecule has 0 radical (unpaired) electrons. The highest BCUT2D eigenvalue weighted by Crippen LogP contribution is 2.20. The minimum absolute atomic E-state index is 0.278. The molecule has 0 heterocycles. The number of rotatable bonds is 5. The fraction of sp³-hybridized carbons (Fsp3) is 0.143. The molecule has 3 nitrogen and oxygen atoms in total. The van der Waals surface area contributed by atoms with Crippen LogP contribution in [0.4, 0.5) is 4.39 Å². The fourth-order valence-corrected chi connectivity index (χ4v) is 1.88. The van der Waals surface area contributed by atoms with Gasteiger partial charge in [-0.3, -0.25) is 5.84 Å². The monoisotopic (exact) mass is 280 g/mol. The summed E-state index contributed by atoms with van der Waals surface area (Å²) in [4.78, 5) is 0. The summed E-state index contributed by atoms with van der Waals surface area (Å²) in [6.45, 7) is 0.278. The van der Waals surface area contributed by atoms with Crippen LogP contribution in [0.1, 0.15) is 11.6 Å². The van der Waals surface area contributed by atoms with E-state index in [0.717, 1.165) is 5.56 Å². The highest BCUT2D eigenvalue weighted by Gasteiger charge is 2.11. The van der Waals surface area contributed by atoms with Crippen molar-refractivity contribution in [1.82, 2.24) is 5.43 Å². The van der Waals surface area contributed by atoms with Crippen molar-refractivity contribution in [2.75, 3.05) is 6.61 Å². The van der Waals surface area contributed by atoms with Gasteiger partial charge in [-0.05, 0) is 35.9 Å². The Bertz CT molecular complexity index is 550. The van der Waals surface area contributed by atoms with Crippen molar-refractivity contribution < 1.29 is 9.13 Å². The topological polar surface area (TPSA) is 47.3 Å². The zero-order valence-corrected chi connectivity index (χ0v) is 10.9. The van der Waals surface area contributed by atoms with E-state index in [0.29, 0.717) is 10.8 Å². The van der Waals surface area contributed by atoms with Crippen LogP contribution in [0.5, 0.6) is 5.75 Å². The van der Waals surface area contributed by atoms with Crippen molar-refractivity contribution in [3.8, 4) is 5.75 Å². The van der Waals surface area contributed by atoms with Crippen LogP contribution in [0.2, 0.25) is 5.02 Å². The first-order chi connectivity index (χ1) is 9.19. The minimum Gasteiger partial charge on any atom is -0.492 e. The summed E-state index contributed by atoms with van der Waals surface area (Å²) < 4.78 is 18.7. The average molecular weight is 281 g/mol. The third-order valence-electron chi connectivity index (χ3n) is 2.66. The number of benzene rings is 2. The summed E-state index contributed by atoms with van der Waals surface area (Å²) in [5.41, 5.74) is 3.33. The van der Waals surface area contributed by atoms with Gasteiger partial charge in [0.2, 0.25) is 0 Å². The zero-order chi connectivity index (χ0) is 13.7. The molecule has 0 saturated heterocycles. The predicted molar refractivity (Wildman–Crippen MR) is 73.4 cm³/mol. The molecular formula is C14H14ClFN2O. The van der Waals surface area contributed by atoms with Crippen molar-refractivity contribution in [2.24, 2.45) is 5.84 Å². The number of hydrazine groups is 1. The van der Waals surface area contributed by atoms with Gasteiger partial charge >= 0.3 is 0 Å². The molecule has 0 amide bonds. The molecular weight excluding hydrogens is 267 g/mol. The maximum atomic E-state index is 13.2. The Balaban J connectivity index is 2.04. The number of hydrogen-bond donors (Lipinski definition) is 2. The van der Waals surface area contributed by atoms with Gasteiger partial charge in [0, 0.05) is 5.02 Å². The van der Waals surface area contributed by atoms with Gasteiger partial charge < -0.3 is 4.74 Å². The first kappa shape index (κ1) is 13.8. The average Bonchev–Trinajstić information content (AvgIpc) is 2.40. The summed E-state index contributed by atoms with van der Waals surface area (Å²) >= 11 is 5.86. The summed E-state index contributed by atoms with van der Waals surface area (Å²) in [6, 6.07) is 13.0. The summed E-state index contributed by atoms with van der Waals surface area (Å²) in [5.74, 6) is 5.81. The van der Waals surface area contributed by atoms with Crippen molar-refractivity contribution in [3.05, 3.63) is 64.9 Å². The maximum absolute atomic E-state index is 13.2. The van der Waals surface area contributed by atoms with Gasteiger partial charge in [0.1, 0.15) is 18.2 Å². The highest BCUT2D eigenvalue weighted by molar-refractivity contribution is 6.30. The molecule has 19 heavy (non-hydrogen) atoms. The highest BCUT2D eigenvalue weighted by atomic mass is 35.5. The van der Waals surface area contributed by atoms with Gasteiger partial charge in [0.25, 0.3) is 0 Å². The molecule has 0 fully saturated rings. The van der Waals surface area contributed by atoms with Gasteiger partial charge in [-0.1, -0.05) is 29.8 Å². The van der Waals surface area contributed by atoms with Gasteiger partial charge in [0.05, 0.1) is 6.04 Å². The van der Waals surface area contributed by atoms with Crippen LogP contribution in [-0.4, -0.2) is 6.61 Å². The van der Waals surface area contributed by atoms with E-state index in [2.05, 4.69) is 5.43 Å². The quantitative estimate of drug-likeness (QED) is 0.654. The van der Waals surface area contributed by atoms with E-state index in [1.165, 1.54) is 12.1 Å². The lowest BCUT2D eigenvalue weighted by Gasteiger charge is -2.17.